The van der Waals surface area contributed by atoms with Crippen LogP contribution >= 0.6 is 27.5 Å². The minimum atomic E-state index is -0.0430. The summed E-state index contributed by atoms with van der Waals surface area (Å²) in [5.41, 5.74) is 3.88. The first-order chi connectivity index (χ1) is 10.5. The van der Waals surface area contributed by atoms with Gasteiger partial charge in [-0.3, -0.25) is 4.79 Å². The highest BCUT2D eigenvalue weighted by Gasteiger charge is 2.04. The van der Waals surface area contributed by atoms with Gasteiger partial charge in [0.15, 0.2) is 0 Å². The van der Waals surface area contributed by atoms with Crippen molar-refractivity contribution in [2.75, 3.05) is 17.2 Å². The van der Waals surface area contributed by atoms with Gasteiger partial charge in [0.05, 0.1) is 0 Å². The molecule has 2 aromatic rings. The Morgan fingerprint density at radius 2 is 1.77 bits per heavy atom. The molecule has 0 bridgehead atoms. The number of carbonyl (C=O) groups is 1. The first-order valence-corrected chi connectivity index (χ1v) is 8.19. The third kappa shape index (κ3) is 4.75. The van der Waals surface area contributed by atoms with E-state index in [1.807, 2.05) is 44.2 Å². The number of nitrogens with one attached hydrogen (secondary N) is 2. The van der Waals surface area contributed by atoms with Crippen molar-refractivity contribution in [3.63, 3.8) is 0 Å². The van der Waals surface area contributed by atoms with Crippen LogP contribution < -0.4 is 10.6 Å². The van der Waals surface area contributed by atoms with Gasteiger partial charge in [0, 0.05) is 33.8 Å². The van der Waals surface area contributed by atoms with Crippen molar-refractivity contribution in [2.45, 2.75) is 20.3 Å². The van der Waals surface area contributed by atoms with Crippen molar-refractivity contribution in [2.24, 2.45) is 0 Å². The molecule has 0 radical (unpaired) electrons. The largest absolute Gasteiger partial charge is 0.384 e. The Balaban J connectivity index is 1.82. The smallest absolute Gasteiger partial charge is 0.226 e. The van der Waals surface area contributed by atoms with Gasteiger partial charge in [-0.05, 0) is 49.2 Å². The summed E-state index contributed by atoms with van der Waals surface area (Å²) in [5, 5.41) is 6.73. The summed E-state index contributed by atoms with van der Waals surface area (Å²) in [5.74, 6) is -0.0430. The van der Waals surface area contributed by atoms with Crippen LogP contribution in [-0.4, -0.2) is 12.5 Å². The van der Waals surface area contributed by atoms with Crippen molar-refractivity contribution in [1.82, 2.24) is 0 Å². The van der Waals surface area contributed by atoms with Crippen LogP contribution in [0.1, 0.15) is 17.5 Å². The molecule has 0 aliphatic heterocycles. The third-order valence-electron chi connectivity index (χ3n) is 3.31. The second-order valence-corrected chi connectivity index (χ2v) is 6.41. The molecule has 116 valence electrons. The van der Waals surface area contributed by atoms with Crippen molar-refractivity contribution in [1.29, 1.82) is 0 Å². The zero-order chi connectivity index (χ0) is 16.1. The molecule has 2 aromatic carbocycles. The van der Waals surface area contributed by atoms with E-state index < -0.39 is 0 Å². The quantitative estimate of drug-likeness (QED) is 0.751. The molecule has 0 spiro atoms. The van der Waals surface area contributed by atoms with Crippen molar-refractivity contribution >= 4 is 44.8 Å². The van der Waals surface area contributed by atoms with Gasteiger partial charge < -0.3 is 10.6 Å². The molecular weight excluding hydrogens is 364 g/mol. The van der Waals surface area contributed by atoms with Crippen LogP contribution in [0, 0.1) is 13.8 Å². The fraction of sp³-hybridized carbons (Fsp3) is 0.235. The lowest BCUT2D eigenvalue weighted by atomic mass is 10.2. The number of aryl methyl sites for hydroxylation is 2. The molecule has 2 rings (SSSR count). The fourth-order valence-corrected chi connectivity index (χ4v) is 2.48. The Bertz CT molecular complexity index is 688. The van der Waals surface area contributed by atoms with Crippen LogP contribution in [0.25, 0.3) is 0 Å². The van der Waals surface area contributed by atoms with Crippen LogP contribution in [0.15, 0.2) is 40.9 Å². The highest BCUT2D eigenvalue weighted by molar-refractivity contribution is 9.10. The molecule has 0 aliphatic rings. The van der Waals surface area contributed by atoms with Crippen LogP contribution in [0.4, 0.5) is 11.4 Å². The van der Waals surface area contributed by atoms with E-state index in [4.69, 9.17) is 11.6 Å². The number of hydrogen-bond acceptors (Lipinski definition) is 2. The lowest BCUT2D eigenvalue weighted by Crippen LogP contribution is -2.16. The third-order valence-corrected chi connectivity index (χ3v) is 4.57. The van der Waals surface area contributed by atoms with E-state index in [1.54, 1.807) is 6.07 Å². The fourth-order valence-electron chi connectivity index (χ4n) is 1.92. The zero-order valence-electron chi connectivity index (χ0n) is 12.5. The Morgan fingerprint density at radius 3 is 2.45 bits per heavy atom. The van der Waals surface area contributed by atoms with Crippen LogP contribution in [0.2, 0.25) is 5.02 Å². The Labute approximate surface area is 144 Å². The number of benzene rings is 2. The number of halogens is 2. The molecule has 0 saturated carbocycles. The summed E-state index contributed by atoms with van der Waals surface area (Å²) in [7, 11) is 0. The summed E-state index contributed by atoms with van der Waals surface area (Å²) in [6.45, 7) is 4.53. The highest BCUT2D eigenvalue weighted by atomic mass is 79.9. The van der Waals surface area contributed by atoms with Gasteiger partial charge in [0.2, 0.25) is 5.91 Å². The lowest BCUT2D eigenvalue weighted by molar-refractivity contribution is -0.115. The molecule has 0 aliphatic carbocycles. The van der Waals surface area contributed by atoms with E-state index in [-0.39, 0.29) is 5.91 Å². The Hall–Kier alpha value is -1.52. The molecule has 0 unspecified atom stereocenters. The maximum atomic E-state index is 11.9. The van der Waals surface area contributed by atoms with E-state index in [0.29, 0.717) is 18.0 Å². The summed E-state index contributed by atoms with van der Waals surface area (Å²) in [6, 6.07) is 11.5. The van der Waals surface area contributed by atoms with E-state index >= 15 is 0 Å². The van der Waals surface area contributed by atoms with E-state index in [2.05, 4.69) is 26.6 Å². The van der Waals surface area contributed by atoms with E-state index in [9.17, 15) is 4.79 Å². The first-order valence-electron chi connectivity index (χ1n) is 7.02. The van der Waals surface area contributed by atoms with Gasteiger partial charge in [-0.25, -0.2) is 0 Å². The number of anilines is 2. The summed E-state index contributed by atoms with van der Waals surface area (Å²) in [6.07, 6.45) is 0.386. The molecule has 0 atom stereocenters. The molecule has 22 heavy (non-hydrogen) atoms. The number of hydrogen-bond donors (Lipinski definition) is 2. The van der Waals surface area contributed by atoms with E-state index in [1.165, 1.54) is 5.56 Å². The second kappa shape index (κ2) is 7.65. The number of rotatable bonds is 5. The van der Waals surface area contributed by atoms with Gasteiger partial charge in [-0.15, -0.1) is 0 Å². The summed E-state index contributed by atoms with van der Waals surface area (Å²) in [4.78, 5) is 11.9. The molecular formula is C17H18BrClN2O. The van der Waals surface area contributed by atoms with Crippen molar-refractivity contribution in [3.05, 3.63) is 57.0 Å². The van der Waals surface area contributed by atoms with Gasteiger partial charge in [-0.2, -0.15) is 0 Å². The molecule has 0 fully saturated rings. The van der Waals surface area contributed by atoms with Gasteiger partial charge >= 0.3 is 0 Å². The zero-order valence-corrected chi connectivity index (χ0v) is 14.9. The standard InChI is InChI=1S/C17H18BrClN2O/c1-11-3-5-13(9-15(11)18)20-8-7-17(22)21-14-6-4-12(2)16(19)10-14/h3-6,9-10,20H,7-8H2,1-2H3,(H,21,22). The van der Waals surface area contributed by atoms with Crippen molar-refractivity contribution < 1.29 is 4.79 Å². The van der Waals surface area contributed by atoms with Crippen LogP contribution in [0.3, 0.4) is 0 Å². The van der Waals surface area contributed by atoms with Gasteiger partial charge in [0.25, 0.3) is 0 Å². The Kier molecular flexibility index (Phi) is 5.86. The maximum absolute atomic E-state index is 11.9. The number of amides is 1. The lowest BCUT2D eigenvalue weighted by Gasteiger charge is -2.09. The highest BCUT2D eigenvalue weighted by Crippen LogP contribution is 2.21. The first kappa shape index (κ1) is 16.8. The van der Waals surface area contributed by atoms with Crippen LogP contribution in [-0.2, 0) is 4.79 Å². The average molecular weight is 382 g/mol. The molecule has 0 heterocycles. The summed E-state index contributed by atoms with van der Waals surface area (Å²) >= 11 is 9.53. The molecule has 0 aromatic heterocycles. The SMILES string of the molecule is Cc1ccc(NC(=O)CCNc2ccc(C)c(Br)c2)cc1Cl. The predicted molar refractivity (Wildman–Crippen MR) is 96.8 cm³/mol. The van der Waals surface area contributed by atoms with E-state index in [0.717, 1.165) is 21.4 Å². The van der Waals surface area contributed by atoms with Gasteiger partial charge in [-0.1, -0.05) is 39.7 Å². The number of carbonyl (C=O) groups excluding carboxylic acids is 1. The summed E-state index contributed by atoms with van der Waals surface area (Å²) < 4.78 is 1.05. The maximum Gasteiger partial charge on any atom is 0.226 e. The monoisotopic (exact) mass is 380 g/mol. The molecule has 0 saturated heterocycles. The van der Waals surface area contributed by atoms with Gasteiger partial charge in [0.1, 0.15) is 0 Å². The molecule has 2 N–H and O–H groups in total. The minimum Gasteiger partial charge on any atom is -0.384 e. The molecule has 1 amide bonds. The van der Waals surface area contributed by atoms with Crippen molar-refractivity contribution in [3.8, 4) is 0 Å². The Morgan fingerprint density at radius 1 is 1.09 bits per heavy atom. The topological polar surface area (TPSA) is 41.1 Å². The minimum absolute atomic E-state index is 0.0430. The van der Waals surface area contributed by atoms with Crippen LogP contribution in [0.5, 0.6) is 0 Å². The average Bonchev–Trinajstić information content (AvgIpc) is 2.47. The normalized spacial score (nSPS) is 10.4. The molecule has 5 heteroatoms. The predicted octanol–water partition coefficient (Wildman–Crippen LogP) is 5.16. The molecule has 3 nitrogen and oxygen atoms in total. The second-order valence-electron chi connectivity index (χ2n) is 5.15.